The summed E-state index contributed by atoms with van der Waals surface area (Å²) in [6.07, 6.45) is 0.345. The molecule has 0 aliphatic carbocycles. The quantitative estimate of drug-likeness (QED) is 0.913. The Morgan fingerprint density at radius 1 is 1.32 bits per heavy atom. The minimum Gasteiger partial charge on any atom is -0.344 e. The molecular weight excluding hydrogens is 242 g/mol. The molecule has 1 N–H and O–H groups in total. The Balaban J connectivity index is 1.92. The first-order valence-electron chi connectivity index (χ1n) is 6.19. The predicted molar refractivity (Wildman–Crippen MR) is 70.5 cm³/mol. The summed E-state index contributed by atoms with van der Waals surface area (Å²) in [5.74, 6) is 0.927. The molecule has 1 aromatic carbocycles. The summed E-state index contributed by atoms with van der Waals surface area (Å²) >= 11 is 0. The van der Waals surface area contributed by atoms with E-state index in [2.05, 4.69) is 15.5 Å². The van der Waals surface area contributed by atoms with Gasteiger partial charge in [0.1, 0.15) is 6.04 Å². The number of carbonyl (C=O) groups is 1. The summed E-state index contributed by atoms with van der Waals surface area (Å²) < 4.78 is 5.02. The van der Waals surface area contributed by atoms with Crippen molar-refractivity contribution in [2.75, 3.05) is 0 Å². The highest BCUT2D eigenvalue weighted by atomic mass is 16.5. The second-order valence-corrected chi connectivity index (χ2v) is 4.63. The number of aryl methyl sites for hydroxylation is 2. The fourth-order valence-corrected chi connectivity index (χ4v) is 1.73. The minimum absolute atomic E-state index is 0.0628. The van der Waals surface area contributed by atoms with E-state index in [0.717, 1.165) is 5.56 Å². The maximum Gasteiger partial charge on any atom is 0.248 e. The number of carbonyl (C=O) groups excluding carboxylic acids is 1. The van der Waals surface area contributed by atoms with Gasteiger partial charge in [0.2, 0.25) is 11.8 Å². The lowest BCUT2D eigenvalue weighted by atomic mass is 10.1. The van der Waals surface area contributed by atoms with Crippen molar-refractivity contribution in [2.24, 2.45) is 0 Å². The third-order valence-corrected chi connectivity index (χ3v) is 2.78. The molecule has 19 heavy (non-hydrogen) atoms. The molecule has 100 valence electrons. The van der Waals surface area contributed by atoms with Crippen LogP contribution in [-0.4, -0.2) is 16.0 Å². The number of nitrogens with one attached hydrogen (secondary N) is 1. The number of hydrogen-bond donors (Lipinski definition) is 1. The molecule has 0 saturated heterocycles. The molecule has 1 unspecified atom stereocenters. The normalized spacial score (nSPS) is 12.2. The predicted octanol–water partition coefficient (Wildman–Crippen LogP) is 2.11. The largest absolute Gasteiger partial charge is 0.344 e. The van der Waals surface area contributed by atoms with E-state index in [9.17, 15) is 4.79 Å². The zero-order valence-electron chi connectivity index (χ0n) is 11.3. The number of amides is 1. The SMILES string of the molecule is Cc1ccc(CC(=O)NC(C)c2nc(C)no2)cc1. The van der Waals surface area contributed by atoms with Crippen LogP contribution in [0.2, 0.25) is 0 Å². The first-order chi connectivity index (χ1) is 9.04. The van der Waals surface area contributed by atoms with Gasteiger partial charge >= 0.3 is 0 Å². The molecule has 2 aromatic rings. The third kappa shape index (κ3) is 3.64. The van der Waals surface area contributed by atoms with Crippen LogP contribution in [0, 0.1) is 13.8 Å². The zero-order valence-corrected chi connectivity index (χ0v) is 11.3. The van der Waals surface area contributed by atoms with Gasteiger partial charge < -0.3 is 9.84 Å². The van der Waals surface area contributed by atoms with E-state index >= 15 is 0 Å². The molecule has 0 spiro atoms. The summed E-state index contributed by atoms with van der Waals surface area (Å²) in [5, 5.41) is 6.54. The maximum atomic E-state index is 11.9. The van der Waals surface area contributed by atoms with Gasteiger partial charge in [0.25, 0.3) is 0 Å². The van der Waals surface area contributed by atoms with Crippen LogP contribution >= 0.6 is 0 Å². The summed E-state index contributed by atoms with van der Waals surface area (Å²) in [6, 6.07) is 7.62. The van der Waals surface area contributed by atoms with E-state index in [-0.39, 0.29) is 11.9 Å². The number of benzene rings is 1. The van der Waals surface area contributed by atoms with E-state index in [1.807, 2.05) is 38.1 Å². The lowest BCUT2D eigenvalue weighted by Crippen LogP contribution is -2.28. The molecule has 1 amide bonds. The Morgan fingerprint density at radius 3 is 2.58 bits per heavy atom. The van der Waals surface area contributed by atoms with Gasteiger partial charge in [-0.2, -0.15) is 4.98 Å². The van der Waals surface area contributed by atoms with E-state index in [0.29, 0.717) is 18.1 Å². The van der Waals surface area contributed by atoms with Gasteiger partial charge in [-0.25, -0.2) is 0 Å². The molecule has 0 radical (unpaired) electrons. The van der Waals surface area contributed by atoms with Crippen LogP contribution in [0.5, 0.6) is 0 Å². The average molecular weight is 259 g/mol. The molecule has 5 heteroatoms. The van der Waals surface area contributed by atoms with Crippen LogP contribution in [0.1, 0.15) is 35.8 Å². The van der Waals surface area contributed by atoms with E-state index in [4.69, 9.17) is 4.52 Å². The standard InChI is InChI=1S/C14H17N3O2/c1-9-4-6-12(7-5-9)8-13(18)15-10(2)14-16-11(3)17-19-14/h4-7,10H,8H2,1-3H3,(H,15,18). The number of nitrogens with zero attached hydrogens (tertiary/aromatic N) is 2. The topological polar surface area (TPSA) is 68.0 Å². The van der Waals surface area contributed by atoms with Crippen LogP contribution in [0.15, 0.2) is 28.8 Å². The molecule has 1 atom stereocenters. The Morgan fingerprint density at radius 2 is 2.00 bits per heavy atom. The number of aromatic nitrogens is 2. The molecule has 2 rings (SSSR count). The van der Waals surface area contributed by atoms with Crippen LogP contribution in [0.4, 0.5) is 0 Å². The smallest absolute Gasteiger partial charge is 0.248 e. The van der Waals surface area contributed by atoms with Crippen molar-refractivity contribution in [3.8, 4) is 0 Å². The number of hydrogen-bond acceptors (Lipinski definition) is 4. The molecule has 1 heterocycles. The van der Waals surface area contributed by atoms with Gasteiger partial charge in [0.05, 0.1) is 6.42 Å². The first-order valence-corrected chi connectivity index (χ1v) is 6.19. The molecule has 0 aliphatic rings. The fourth-order valence-electron chi connectivity index (χ4n) is 1.73. The summed E-state index contributed by atoms with van der Waals surface area (Å²) in [7, 11) is 0. The van der Waals surface area contributed by atoms with Crippen LogP contribution in [0.3, 0.4) is 0 Å². The van der Waals surface area contributed by atoms with E-state index < -0.39 is 0 Å². The third-order valence-electron chi connectivity index (χ3n) is 2.78. The highest BCUT2D eigenvalue weighted by Gasteiger charge is 2.15. The first kappa shape index (κ1) is 13.3. The van der Waals surface area contributed by atoms with E-state index in [1.165, 1.54) is 5.56 Å². The summed E-state index contributed by atoms with van der Waals surface area (Å²) in [5.41, 5.74) is 2.16. The Bertz CT molecular complexity index is 560. The number of rotatable bonds is 4. The van der Waals surface area contributed by atoms with Gasteiger partial charge in [-0.1, -0.05) is 35.0 Å². The maximum absolute atomic E-state index is 11.9. The minimum atomic E-state index is -0.279. The average Bonchev–Trinajstić information content (AvgIpc) is 2.79. The van der Waals surface area contributed by atoms with Crippen molar-refractivity contribution in [3.05, 3.63) is 47.1 Å². The molecule has 0 saturated carbocycles. The van der Waals surface area contributed by atoms with Crippen LogP contribution in [-0.2, 0) is 11.2 Å². The van der Waals surface area contributed by atoms with E-state index in [1.54, 1.807) is 6.92 Å². The van der Waals surface area contributed by atoms with Crippen molar-refractivity contribution in [2.45, 2.75) is 33.2 Å². The molecule has 0 fully saturated rings. The van der Waals surface area contributed by atoms with Gasteiger partial charge in [0.15, 0.2) is 5.82 Å². The van der Waals surface area contributed by atoms with Crippen molar-refractivity contribution < 1.29 is 9.32 Å². The summed E-state index contributed by atoms with van der Waals surface area (Å²) in [6.45, 7) is 5.58. The van der Waals surface area contributed by atoms with Crippen LogP contribution in [0.25, 0.3) is 0 Å². The lowest BCUT2D eigenvalue weighted by molar-refractivity contribution is -0.121. The second kappa shape index (κ2) is 5.65. The highest BCUT2D eigenvalue weighted by Crippen LogP contribution is 2.10. The van der Waals surface area contributed by atoms with Crippen molar-refractivity contribution in [1.82, 2.24) is 15.5 Å². The summed E-state index contributed by atoms with van der Waals surface area (Å²) in [4.78, 5) is 16.0. The molecule has 1 aromatic heterocycles. The molecule has 0 bridgehead atoms. The highest BCUT2D eigenvalue weighted by molar-refractivity contribution is 5.78. The van der Waals surface area contributed by atoms with Gasteiger partial charge in [-0.15, -0.1) is 0 Å². The molecule has 5 nitrogen and oxygen atoms in total. The van der Waals surface area contributed by atoms with Gasteiger partial charge in [-0.05, 0) is 26.3 Å². The zero-order chi connectivity index (χ0) is 13.8. The van der Waals surface area contributed by atoms with Crippen molar-refractivity contribution >= 4 is 5.91 Å². The fraction of sp³-hybridized carbons (Fsp3) is 0.357. The molecular formula is C14H17N3O2. The molecule has 0 aliphatic heterocycles. The van der Waals surface area contributed by atoms with Gasteiger partial charge in [-0.3, -0.25) is 4.79 Å². The Kier molecular flexibility index (Phi) is 3.94. The second-order valence-electron chi connectivity index (χ2n) is 4.63. The van der Waals surface area contributed by atoms with Gasteiger partial charge in [0, 0.05) is 0 Å². The van der Waals surface area contributed by atoms with Crippen molar-refractivity contribution in [1.29, 1.82) is 0 Å². The monoisotopic (exact) mass is 259 g/mol. The van der Waals surface area contributed by atoms with Crippen molar-refractivity contribution in [3.63, 3.8) is 0 Å². The van der Waals surface area contributed by atoms with Crippen LogP contribution < -0.4 is 5.32 Å². The lowest BCUT2D eigenvalue weighted by Gasteiger charge is -2.09. The Hall–Kier alpha value is -2.17. The Labute approximate surface area is 112 Å².